The summed E-state index contributed by atoms with van der Waals surface area (Å²) in [4.78, 5) is 27.7. The molecular formula is C40H44N2O3. The Morgan fingerprint density at radius 2 is 1.58 bits per heavy atom. The van der Waals surface area contributed by atoms with Gasteiger partial charge in [-0.15, -0.1) is 0 Å². The molecule has 5 aromatic rings. The average Bonchev–Trinajstić information content (AvgIpc) is 3.41. The van der Waals surface area contributed by atoms with Crippen molar-refractivity contribution >= 4 is 28.3 Å². The molecule has 0 bridgehead atoms. The largest absolute Gasteiger partial charge is 0.481 e. The average molecular weight is 601 g/mol. The van der Waals surface area contributed by atoms with E-state index in [2.05, 4.69) is 80.3 Å². The first-order chi connectivity index (χ1) is 21.8. The van der Waals surface area contributed by atoms with Crippen LogP contribution < -0.4 is 4.90 Å². The first kappa shape index (κ1) is 31.8. The van der Waals surface area contributed by atoms with Crippen LogP contribution in [0.4, 0.5) is 5.69 Å². The molecule has 0 spiro atoms. The molecule has 0 aliphatic carbocycles. The van der Waals surface area contributed by atoms with E-state index in [1.165, 1.54) is 16.7 Å². The SMILES string of the molecule is CCCC(c1ccc(CC(C)C)cc1)N(Cc1ccccc1)c1cccc(C(=O)c2cn(CCCC(=O)O)c3ccccc23)c1. The van der Waals surface area contributed by atoms with Gasteiger partial charge in [-0.2, -0.15) is 0 Å². The molecular weight excluding hydrogens is 556 g/mol. The van der Waals surface area contributed by atoms with Crippen LogP contribution in [0, 0.1) is 5.92 Å². The standard InChI is InChI=1S/C40H44N2O3/c1-4-12-37(32-22-20-30(21-23-32)25-29(2)3)42(27-31-13-6-5-7-14-31)34-16-10-15-33(26-34)40(45)36-28-41(24-11-19-39(43)44)38-18-9-8-17-35(36)38/h5-10,13-18,20-23,26,28-29,37H,4,11-12,19,24-25,27H2,1-3H3,(H,43,44). The number of benzene rings is 4. The number of carbonyl (C=O) groups is 2. The molecule has 4 aromatic carbocycles. The summed E-state index contributed by atoms with van der Waals surface area (Å²) in [6, 6.07) is 35.7. The second-order valence-electron chi connectivity index (χ2n) is 12.4. The van der Waals surface area contributed by atoms with Crippen LogP contribution in [0.25, 0.3) is 10.9 Å². The minimum atomic E-state index is -0.812. The van der Waals surface area contributed by atoms with Crippen LogP contribution in [-0.4, -0.2) is 21.4 Å². The predicted octanol–water partition coefficient (Wildman–Crippen LogP) is 9.48. The van der Waals surface area contributed by atoms with E-state index in [-0.39, 0.29) is 18.2 Å². The van der Waals surface area contributed by atoms with Gasteiger partial charge in [0.2, 0.25) is 0 Å². The van der Waals surface area contributed by atoms with Crippen LogP contribution >= 0.6 is 0 Å². The molecule has 1 atom stereocenters. The number of rotatable bonds is 15. The smallest absolute Gasteiger partial charge is 0.303 e. The summed E-state index contributed by atoms with van der Waals surface area (Å²) >= 11 is 0. The summed E-state index contributed by atoms with van der Waals surface area (Å²) in [7, 11) is 0. The van der Waals surface area contributed by atoms with Crippen molar-refractivity contribution in [2.75, 3.05) is 4.90 Å². The molecule has 0 aliphatic rings. The molecule has 0 fully saturated rings. The third kappa shape index (κ3) is 7.91. The van der Waals surface area contributed by atoms with Crippen molar-refractivity contribution in [2.45, 2.75) is 72.0 Å². The Morgan fingerprint density at radius 1 is 0.844 bits per heavy atom. The van der Waals surface area contributed by atoms with Gasteiger partial charge >= 0.3 is 5.97 Å². The molecule has 1 heterocycles. The normalized spacial score (nSPS) is 12.0. The number of carboxylic acid groups (broad SMARTS) is 1. The number of carbonyl (C=O) groups excluding carboxylic acids is 1. The van der Waals surface area contributed by atoms with Gasteiger partial charge in [0.05, 0.1) is 6.04 Å². The van der Waals surface area contributed by atoms with Gasteiger partial charge in [0, 0.05) is 53.4 Å². The second kappa shape index (κ2) is 14.9. The number of hydrogen-bond acceptors (Lipinski definition) is 3. The lowest BCUT2D eigenvalue weighted by Crippen LogP contribution is -2.28. The van der Waals surface area contributed by atoms with Crippen LogP contribution in [0.3, 0.4) is 0 Å². The number of hydrogen-bond donors (Lipinski definition) is 1. The summed E-state index contributed by atoms with van der Waals surface area (Å²) in [6.07, 6.45) is 5.56. The van der Waals surface area contributed by atoms with Gasteiger partial charge in [-0.25, -0.2) is 0 Å². The number of ketones is 1. The molecule has 0 amide bonds. The van der Waals surface area contributed by atoms with Crippen molar-refractivity contribution < 1.29 is 14.7 Å². The van der Waals surface area contributed by atoms with Gasteiger partial charge in [0.1, 0.15) is 0 Å². The zero-order chi connectivity index (χ0) is 31.8. The highest BCUT2D eigenvalue weighted by Gasteiger charge is 2.23. The van der Waals surface area contributed by atoms with E-state index >= 15 is 0 Å². The number of carboxylic acids is 1. The number of nitrogens with zero attached hydrogens (tertiary/aromatic N) is 2. The topological polar surface area (TPSA) is 62.5 Å². The maximum Gasteiger partial charge on any atom is 0.303 e. The number of aromatic nitrogens is 1. The van der Waals surface area contributed by atoms with Crippen LogP contribution in [-0.2, 0) is 24.3 Å². The zero-order valence-corrected chi connectivity index (χ0v) is 26.7. The molecule has 5 rings (SSSR count). The Hall–Kier alpha value is -4.64. The Morgan fingerprint density at radius 3 is 2.29 bits per heavy atom. The summed E-state index contributed by atoms with van der Waals surface area (Å²) in [6.45, 7) is 7.99. The van der Waals surface area contributed by atoms with E-state index in [1.54, 1.807) is 0 Å². The molecule has 0 saturated heterocycles. The van der Waals surface area contributed by atoms with Crippen molar-refractivity contribution in [3.8, 4) is 0 Å². The predicted molar refractivity (Wildman–Crippen MR) is 184 cm³/mol. The highest BCUT2D eigenvalue weighted by molar-refractivity contribution is 6.16. The molecule has 45 heavy (non-hydrogen) atoms. The Labute approximate surface area is 267 Å². The molecule has 1 aromatic heterocycles. The summed E-state index contributed by atoms with van der Waals surface area (Å²) in [5.74, 6) is -0.238. The summed E-state index contributed by atoms with van der Waals surface area (Å²) < 4.78 is 2.01. The minimum absolute atomic E-state index is 0.0326. The van der Waals surface area contributed by atoms with Gasteiger partial charge < -0.3 is 14.6 Å². The lowest BCUT2D eigenvalue weighted by molar-refractivity contribution is -0.137. The van der Waals surface area contributed by atoms with Crippen molar-refractivity contribution in [2.24, 2.45) is 5.92 Å². The van der Waals surface area contributed by atoms with Crippen LogP contribution in [0.15, 0.2) is 109 Å². The maximum atomic E-state index is 14.2. The number of fused-ring (bicyclic) bond motifs is 1. The fraction of sp³-hybridized carbons (Fsp3) is 0.300. The number of para-hydroxylation sites is 1. The van der Waals surface area contributed by atoms with Crippen molar-refractivity contribution in [3.05, 3.63) is 137 Å². The zero-order valence-electron chi connectivity index (χ0n) is 26.7. The first-order valence-corrected chi connectivity index (χ1v) is 16.2. The van der Waals surface area contributed by atoms with Gasteiger partial charge in [-0.1, -0.05) is 112 Å². The maximum absolute atomic E-state index is 14.2. The molecule has 1 unspecified atom stereocenters. The quantitative estimate of drug-likeness (QED) is 0.122. The van der Waals surface area contributed by atoms with Crippen molar-refractivity contribution in [3.63, 3.8) is 0 Å². The molecule has 0 saturated carbocycles. The first-order valence-electron chi connectivity index (χ1n) is 16.2. The van der Waals surface area contributed by atoms with E-state index in [0.29, 0.717) is 30.0 Å². The molecule has 5 nitrogen and oxygen atoms in total. The molecule has 232 valence electrons. The van der Waals surface area contributed by atoms with E-state index < -0.39 is 5.97 Å². The monoisotopic (exact) mass is 600 g/mol. The lowest BCUT2D eigenvalue weighted by Gasteiger charge is -2.35. The van der Waals surface area contributed by atoms with E-state index in [9.17, 15) is 9.59 Å². The van der Waals surface area contributed by atoms with E-state index in [0.717, 1.165) is 42.4 Å². The molecule has 0 aliphatic heterocycles. The fourth-order valence-electron chi connectivity index (χ4n) is 6.28. The number of aryl methyl sites for hydroxylation is 1. The van der Waals surface area contributed by atoms with Gasteiger partial charge in [0.15, 0.2) is 5.78 Å². The van der Waals surface area contributed by atoms with Crippen LogP contribution in [0.1, 0.15) is 85.1 Å². The highest BCUT2D eigenvalue weighted by atomic mass is 16.4. The van der Waals surface area contributed by atoms with Gasteiger partial charge in [-0.3, -0.25) is 9.59 Å². The van der Waals surface area contributed by atoms with Crippen molar-refractivity contribution in [1.82, 2.24) is 4.57 Å². The number of aliphatic carboxylic acids is 1. The Bertz CT molecular complexity index is 1720. The minimum Gasteiger partial charge on any atom is -0.481 e. The highest BCUT2D eigenvalue weighted by Crippen LogP contribution is 2.34. The van der Waals surface area contributed by atoms with E-state index in [4.69, 9.17) is 5.11 Å². The molecule has 1 N–H and O–H groups in total. The summed E-state index contributed by atoms with van der Waals surface area (Å²) in [5.41, 5.74) is 7.09. The van der Waals surface area contributed by atoms with Crippen LogP contribution in [0.5, 0.6) is 0 Å². The van der Waals surface area contributed by atoms with Crippen LogP contribution in [0.2, 0.25) is 0 Å². The van der Waals surface area contributed by atoms with Crippen molar-refractivity contribution in [1.29, 1.82) is 0 Å². The number of anilines is 1. The third-order valence-corrected chi connectivity index (χ3v) is 8.41. The molecule has 0 radical (unpaired) electrons. The third-order valence-electron chi connectivity index (χ3n) is 8.41. The van der Waals surface area contributed by atoms with Gasteiger partial charge in [0.25, 0.3) is 0 Å². The Kier molecular flexibility index (Phi) is 10.5. The Balaban J connectivity index is 1.52. The summed E-state index contributed by atoms with van der Waals surface area (Å²) in [5, 5.41) is 10.0. The van der Waals surface area contributed by atoms with Gasteiger partial charge in [-0.05, 0) is 60.1 Å². The molecule has 5 heteroatoms. The van der Waals surface area contributed by atoms with E-state index in [1.807, 2.05) is 59.3 Å². The second-order valence-corrected chi connectivity index (χ2v) is 12.4. The fourth-order valence-corrected chi connectivity index (χ4v) is 6.28. The lowest BCUT2D eigenvalue weighted by atomic mass is 9.95.